The third-order valence-corrected chi connectivity index (χ3v) is 1.98. The third kappa shape index (κ3) is 6.12. The Balaban J connectivity index is 3.99. The zero-order valence-electron chi connectivity index (χ0n) is 9.75. The maximum Gasteiger partial charge on any atom is 0.407 e. The normalized spacial score (nSPS) is 14.5. The Morgan fingerprint density at radius 3 is 2.67 bits per heavy atom. The van der Waals surface area contributed by atoms with Crippen LogP contribution in [0.5, 0.6) is 0 Å². The summed E-state index contributed by atoms with van der Waals surface area (Å²) in [6, 6.07) is 0.0530. The summed E-state index contributed by atoms with van der Waals surface area (Å²) in [6.07, 6.45) is 1.87. The first-order valence-electron chi connectivity index (χ1n) is 5.08. The fraction of sp³-hybridized carbons (Fsp3) is 0.727. The fourth-order valence-corrected chi connectivity index (χ4v) is 1.03. The quantitative estimate of drug-likeness (QED) is 0.663. The van der Waals surface area contributed by atoms with Crippen LogP contribution >= 0.6 is 0 Å². The number of allylic oxidation sites excluding steroid dienone is 1. The molecular weight excluding hydrogens is 194 g/mol. The molecule has 0 aromatic rings. The van der Waals surface area contributed by atoms with Crippen molar-refractivity contribution in [2.75, 3.05) is 13.2 Å². The molecule has 0 aliphatic heterocycles. The van der Waals surface area contributed by atoms with Crippen LogP contribution in [0.25, 0.3) is 0 Å². The van der Waals surface area contributed by atoms with E-state index in [2.05, 4.69) is 11.9 Å². The first-order valence-corrected chi connectivity index (χ1v) is 5.08. The number of hydrogen-bond acceptors (Lipinski definition) is 3. The van der Waals surface area contributed by atoms with Crippen LogP contribution in [-0.2, 0) is 4.74 Å². The highest BCUT2D eigenvalue weighted by molar-refractivity contribution is 5.67. The average Bonchev–Trinajstić information content (AvgIpc) is 2.14. The Labute approximate surface area is 91.3 Å². The third-order valence-electron chi connectivity index (χ3n) is 1.98. The van der Waals surface area contributed by atoms with Crippen LogP contribution in [0.4, 0.5) is 4.79 Å². The molecule has 0 bridgehead atoms. The first-order chi connectivity index (χ1) is 6.93. The number of hydrogen-bond donors (Lipinski definition) is 2. The number of aliphatic hydroxyl groups is 1. The van der Waals surface area contributed by atoms with E-state index in [-0.39, 0.29) is 19.3 Å². The highest BCUT2D eigenvalue weighted by Crippen LogP contribution is 2.21. The standard InChI is InChI=1S/C11H21NO3/c1-5-6-11(4,7-13)8-15-10(14)12-9(2)3/h5,9,13H,1,6-8H2,2-4H3,(H,12,14). The molecule has 0 saturated heterocycles. The molecular formula is C11H21NO3. The molecule has 0 aliphatic rings. The summed E-state index contributed by atoms with van der Waals surface area (Å²) in [6.45, 7) is 9.32. The number of rotatable bonds is 6. The van der Waals surface area contributed by atoms with E-state index in [4.69, 9.17) is 9.84 Å². The number of amides is 1. The minimum Gasteiger partial charge on any atom is -0.449 e. The molecule has 88 valence electrons. The summed E-state index contributed by atoms with van der Waals surface area (Å²) < 4.78 is 5.00. The van der Waals surface area contributed by atoms with E-state index in [1.807, 2.05) is 20.8 Å². The number of aliphatic hydroxyl groups excluding tert-OH is 1. The van der Waals surface area contributed by atoms with Crippen molar-refractivity contribution in [3.05, 3.63) is 12.7 Å². The summed E-state index contributed by atoms with van der Waals surface area (Å²) in [4.78, 5) is 11.2. The summed E-state index contributed by atoms with van der Waals surface area (Å²) >= 11 is 0. The molecule has 1 atom stereocenters. The molecule has 0 aliphatic carbocycles. The van der Waals surface area contributed by atoms with Crippen molar-refractivity contribution in [2.24, 2.45) is 5.41 Å². The van der Waals surface area contributed by atoms with Crippen LogP contribution in [0, 0.1) is 5.41 Å². The zero-order valence-corrected chi connectivity index (χ0v) is 9.75. The van der Waals surface area contributed by atoms with E-state index in [1.165, 1.54) is 0 Å². The Hall–Kier alpha value is -1.03. The van der Waals surface area contributed by atoms with Gasteiger partial charge in [0.25, 0.3) is 0 Å². The molecule has 0 heterocycles. The van der Waals surface area contributed by atoms with Crippen molar-refractivity contribution in [3.8, 4) is 0 Å². The second-order valence-electron chi connectivity index (χ2n) is 4.34. The molecule has 0 radical (unpaired) electrons. The van der Waals surface area contributed by atoms with E-state index in [0.29, 0.717) is 6.42 Å². The number of carbonyl (C=O) groups is 1. The highest BCUT2D eigenvalue weighted by Gasteiger charge is 2.24. The van der Waals surface area contributed by atoms with E-state index >= 15 is 0 Å². The summed E-state index contributed by atoms with van der Waals surface area (Å²) in [5.41, 5.74) is -0.434. The Bertz CT molecular complexity index is 216. The van der Waals surface area contributed by atoms with Crippen molar-refractivity contribution in [2.45, 2.75) is 33.2 Å². The number of alkyl carbamates (subject to hydrolysis) is 1. The van der Waals surface area contributed by atoms with Crippen LogP contribution in [-0.4, -0.2) is 30.5 Å². The van der Waals surface area contributed by atoms with E-state index in [0.717, 1.165) is 0 Å². The van der Waals surface area contributed by atoms with Crippen LogP contribution in [0.2, 0.25) is 0 Å². The second-order valence-corrected chi connectivity index (χ2v) is 4.34. The van der Waals surface area contributed by atoms with Crippen molar-refractivity contribution in [1.82, 2.24) is 5.32 Å². The SMILES string of the molecule is C=CCC(C)(CO)COC(=O)NC(C)C. The van der Waals surface area contributed by atoms with Gasteiger partial charge in [0, 0.05) is 11.5 Å². The number of ether oxygens (including phenoxy) is 1. The predicted octanol–water partition coefficient (Wildman–Crippen LogP) is 1.70. The van der Waals surface area contributed by atoms with Crippen LogP contribution in [0.3, 0.4) is 0 Å². The number of nitrogens with one attached hydrogen (secondary N) is 1. The Kier molecular flexibility index (Phi) is 6.01. The maximum absolute atomic E-state index is 11.2. The van der Waals surface area contributed by atoms with Crippen LogP contribution in [0.15, 0.2) is 12.7 Å². The summed E-state index contributed by atoms with van der Waals surface area (Å²) in [7, 11) is 0. The van der Waals surface area contributed by atoms with Gasteiger partial charge in [-0.3, -0.25) is 0 Å². The lowest BCUT2D eigenvalue weighted by Gasteiger charge is -2.25. The molecule has 0 aromatic heterocycles. The Morgan fingerprint density at radius 2 is 2.27 bits per heavy atom. The van der Waals surface area contributed by atoms with Crippen molar-refractivity contribution < 1.29 is 14.6 Å². The van der Waals surface area contributed by atoms with Gasteiger partial charge in [0.2, 0.25) is 0 Å². The zero-order chi connectivity index (χ0) is 11.9. The van der Waals surface area contributed by atoms with Gasteiger partial charge >= 0.3 is 6.09 Å². The molecule has 4 nitrogen and oxygen atoms in total. The monoisotopic (exact) mass is 215 g/mol. The first kappa shape index (κ1) is 14.0. The van der Waals surface area contributed by atoms with Gasteiger partial charge in [0.15, 0.2) is 0 Å². The molecule has 1 amide bonds. The molecule has 4 heteroatoms. The van der Waals surface area contributed by atoms with Gasteiger partial charge in [-0.05, 0) is 20.3 Å². The summed E-state index contributed by atoms with van der Waals surface area (Å²) in [5, 5.41) is 11.8. The van der Waals surface area contributed by atoms with Crippen LogP contribution < -0.4 is 5.32 Å². The average molecular weight is 215 g/mol. The fourth-order valence-electron chi connectivity index (χ4n) is 1.03. The van der Waals surface area contributed by atoms with E-state index < -0.39 is 11.5 Å². The molecule has 0 saturated carbocycles. The number of carbonyl (C=O) groups excluding carboxylic acids is 1. The minimum atomic E-state index is -0.450. The Morgan fingerprint density at radius 1 is 1.67 bits per heavy atom. The van der Waals surface area contributed by atoms with Crippen LogP contribution in [0.1, 0.15) is 27.2 Å². The highest BCUT2D eigenvalue weighted by atomic mass is 16.5. The van der Waals surface area contributed by atoms with Crippen molar-refractivity contribution in [1.29, 1.82) is 0 Å². The van der Waals surface area contributed by atoms with E-state index in [1.54, 1.807) is 6.08 Å². The maximum atomic E-state index is 11.2. The lowest BCUT2D eigenvalue weighted by molar-refractivity contribution is 0.0505. The van der Waals surface area contributed by atoms with Gasteiger partial charge in [-0.15, -0.1) is 6.58 Å². The summed E-state index contributed by atoms with van der Waals surface area (Å²) in [5.74, 6) is 0. The molecule has 0 spiro atoms. The van der Waals surface area contributed by atoms with E-state index in [9.17, 15) is 4.79 Å². The molecule has 0 aromatic carbocycles. The van der Waals surface area contributed by atoms with Gasteiger partial charge in [0.05, 0.1) is 6.61 Å². The largest absolute Gasteiger partial charge is 0.449 e. The molecule has 0 fully saturated rings. The predicted molar refractivity (Wildman–Crippen MR) is 59.6 cm³/mol. The smallest absolute Gasteiger partial charge is 0.407 e. The van der Waals surface area contributed by atoms with Crippen molar-refractivity contribution >= 4 is 6.09 Å². The van der Waals surface area contributed by atoms with Gasteiger partial charge in [-0.25, -0.2) is 4.79 Å². The van der Waals surface area contributed by atoms with Gasteiger partial charge in [-0.2, -0.15) is 0 Å². The molecule has 0 rings (SSSR count). The van der Waals surface area contributed by atoms with Gasteiger partial charge in [-0.1, -0.05) is 13.0 Å². The lowest BCUT2D eigenvalue weighted by atomic mass is 9.89. The molecule has 1 unspecified atom stereocenters. The van der Waals surface area contributed by atoms with Gasteiger partial charge < -0.3 is 15.2 Å². The second kappa shape index (κ2) is 6.45. The van der Waals surface area contributed by atoms with Gasteiger partial charge in [0.1, 0.15) is 6.61 Å². The molecule has 15 heavy (non-hydrogen) atoms. The minimum absolute atomic E-state index is 0.0338. The topological polar surface area (TPSA) is 58.6 Å². The lowest BCUT2D eigenvalue weighted by Crippen LogP contribution is -2.35. The van der Waals surface area contributed by atoms with Crippen molar-refractivity contribution in [3.63, 3.8) is 0 Å². The molecule has 2 N–H and O–H groups in total.